The summed E-state index contributed by atoms with van der Waals surface area (Å²) in [7, 11) is 0. The molecule has 3 aromatic heterocycles. The van der Waals surface area contributed by atoms with Crippen molar-refractivity contribution in [3.63, 3.8) is 0 Å². The van der Waals surface area contributed by atoms with Gasteiger partial charge in [0.2, 0.25) is 5.91 Å². The number of hydrogen-bond donors (Lipinski definition) is 0. The van der Waals surface area contributed by atoms with Crippen LogP contribution in [0.3, 0.4) is 0 Å². The second-order valence-corrected chi connectivity index (χ2v) is 8.15. The highest BCUT2D eigenvalue weighted by molar-refractivity contribution is 7.13. The highest BCUT2D eigenvalue weighted by Crippen LogP contribution is 2.34. The van der Waals surface area contributed by atoms with Crippen molar-refractivity contribution in [1.29, 1.82) is 0 Å². The molecular formula is C20H20F3N5OS. The quantitative estimate of drug-likeness (QED) is 0.602. The van der Waals surface area contributed by atoms with Gasteiger partial charge in [-0.05, 0) is 30.4 Å². The number of halogens is 3. The van der Waals surface area contributed by atoms with Gasteiger partial charge < -0.3 is 9.47 Å². The Bertz CT molecular complexity index is 989. The average molecular weight is 435 g/mol. The van der Waals surface area contributed by atoms with Crippen molar-refractivity contribution >= 4 is 17.2 Å². The van der Waals surface area contributed by atoms with Gasteiger partial charge in [-0.1, -0.05) is 6.07 Å². The molecule has 10 heteroatoms. The summed E-state index contributed by atoms with van der Waals surface area (Å²) >= 11 is 1.33. The van der Waals surface area contributed by atoms with Crippen molar-refractivity contribution in [1.82, 2.24) is 24.4 Å². The van der Waals surface area contributed by atoms with Gasteiger partial charge in [-0.25, -0.2) is 15.0 Å². The zero-order chi connectivity index (χ0) is 21.1. The maximum Gasteiger partial charge on any atom is 0.433 e. The topological polar surface area (TPSA) is 63.9 Å². The summed E-state index contributed by atoms with van der Waals surface area (Å²) in [6.45, 7) is 1.44. The van der Waals surface area contributed by atoms with Crippen molar-refractivity contribution < 1.29 is 18.0 Å². The van der Waals surface area contributed by atoms with E-state index in [1.165, 1.54) is 11.3 Å². The van der Waals surface area contributed by atoms with Gasteiger partial charge in [0.05, 0.1) is 16.9 Å². The molecule has 0 saturated carbocycles. The Morgan fingerprint density at radius 1 is 1.30 bits per heavy atom. The molecule has 1 amide bonds. The summed E-state index contributed by atoms with van der Waals surface area (Å²) in [5.41, 5.74) is -0.676. The summed E-state index contributed by atoms with van der Waals surface area (Å²) in [6.07, 6.45) is 2.19. The van der Waals surface area contributed by atoms with Gasteiger partial charge >= 0.3 is 6.18 Å². The minimum Gasteiger partial charge on any atom is -0.342 e. The third-order valence-electron chi connectivity index (χ3n) is 5.09. The Balaban J connectivity index is 1.53. The van der Waals surface area contributed by atoms with Gasteiger partial charge in [0, 0.05) is 44.4 Å². The SMILES string of the molecule is O=C(CCn1ccnc1)N1CCC[C@H](c2nc(-c3cccs3)cc(C(F)(F)F)n2)C1. The molecule has 4 heterocycles. The van der Waals surface area contributed by atoms with E-state index in [-0.39, 0.29) is 23.3 Å². The first-order valence-electron chi connectivity index (χ1n) is 9.64. The van der Waals surface area contributed by atoms with E-state index in [9.17, 15) is 18.0 Å². The van der Waals surface area contributed by atoms with Crippen LogP contribution in [0.4, 0.5) is 13.2 Å². The molecule has 0 radical (unpaired) electrons. The zero-order valence-corrected chi connectivity index (χ0v) is 16.9. The van der Waals surface area contributed by atoms with Gasteiger partial charge in [0.1, 0.15) is 11.5 Å². The molecule has 0 bridgehead atoms. The molecule has 3 aromatic rings. The Kier molecular flexibility index (Phi) is 5.85. The number of alkyl halides is 3. The van der Waals surface area contributed by atoms with Gasteiger partial charge in [-0.3, -0.25) is 4.79 Å². The lowest BCUT2D eigenvalue weighted by atomic mass is 9.96. The van der Waals surface area contributed by atoms with E-state index < -0.39 is 11.9 Å². The number of likely N-dealkylation sites (tertiary alicyclic amines) is 1. The van der Waals surface area contributed by atoms with Crippen LogP contribution in [0.25, 0.3) is 10.6 Å². The molecule has 1 aliphatic heterocycles. The van der Waals surface area contributed by atoms with E-state index in [0.29, 0.717) is 43.8 Å². The predicted molar refractivity (Wildman–Crippen MR) is 106 cm³/mol. The van der Waals surface area contributed by atoms with E-state index in [2.05, 4.69) is 15.0 Å². The van der Waals surface area contributed by atoms with E-state index in [4.69, 9.17) is 0 Å². The second-order valence-electron chi connectivity index (χ2n) is 7.20. The molecule has 0 unspecified atom stereocenters. The van der Waals surface area contributed by atoms with E-state index in [1.807, 2.05) is 4.57 Å². The molecule has 1 atom stereocenters. The van der Waals surface area contributed by atoms with Gasteiger partial charge in [0.15, 0.2) is 0 Å². The van der Waals surface area contributed by atoms with Crippen molar-refractivity contribution in [2.45, 2.75) is 37.9 Å². The standard InChI is InChI=1S/C20H20F3N5OS/c21-20(22,23)17-11-15(16-4-2-10-30-16)25-19(26-17)14-3-1-7-28(12-14)18(29)5-8-27-9-6-24-13-27/h2,4,6,9-11,13-14H,1,3,5,7-8,12H2/t14-/m0/s1. The van der Waals surface area contributed by atoms with Crippen LogP contribution in [0.2, 0.25) is 0 Å². The molecule has 0 spiro atoms. The maximum absolute atomic E-state index is 13.4. The molecule has 1 aliphatic rings. The van der Waals surface area contributed by atoms with Crippen LogP contribution in [0.1, 0.15) is 36.7 Å². The summed E-state index contributed by atoms with van der Waals surface area (Å²) in [6, 6.07) is 4.51. The number of amides is 1. The van der Waals surface area contributed by atoms with Gasteiger partial charge in [-0.15, -0.1) is 11.3 Å². The number of aromatic nitrogens is 4. The number of nitrogens with zero attached hydrogens (tertiary/aromatic N) is 5. The van der Waals surface area contributed by atoms with Crippen LogP contribution in [0.5, 0.6) is 0 Å². The van der Waals surface area contributed by atoms with Crippen LogP contribution < -0.4 is 0 Å². The first-order chi connectivity index (χ1) is 14.4. The largest absolute Gasteiger partial charge is 0.433 e. The van der Waals surface area contributed by atoms with Gasteiger partial charge in [0.25, 0.3) is 0 Å². The molecular weight excluding hydrogens is 415 g/mol. The fraction of sp³-hybridized carbons (Fsp3) is 0.400. The number of piperidine rings is 1. The third-order valence-corrected chi connectivity index (χ3v) is 5.98. The maximum atomic E-state index is 13.4. The molecule has 1 fully saturated rings. The van der Waals surface area contributed by atoms with E-state index >= 15 is 0 Å². The molecule has 1 saturated heterocycles. The molecule has 0 N–H and O–H groups in total. The van der Waals surface area contributed by atoms with Crippen molar-refractivity contribution in [2.24, 2.45) is 0 Å². The summed E-state index contributed by atoms with van der Waals surface area (Å²) < 4.78 is 42.1. The number of carbonyl (C=O) groups excluding carboxylic acids is 1. The van der Waals surface area contributed by atoms with Crippen LogP contribution in [0.15, 0.2) is 42.3 Å². The van der Waals surface area contributed by atoms with E-state index in [1.54, 1.807) is 41.1 Å². The molecule has 0 aromatic carbocycles. The summed E-state index contributed by atoms with van der Waals surface area (Å²) in [5, 5.41) is 1.80. The minimum absolute atomic E-state index is 0.0288. The van der Waals surface area contributed by atoms with Crippen molar-refractivity contribution in [3.05, 3.63) is 53.8 Å². The Labute approximate surface area is 175 Å². The van der Waals surface area contributed by atoms with Crippen LogP contribution in [0, 0.1) is 0 Å². The Morgan fingerprint density at radius 2 is 2.17 bits per heavy atom. The third kappa shape index (κ3) is 4.69. The normalized spacial score (nSPS) is 17.3. The van der Waals surface area contributed by atoms with Gasteiger partial charge in [-0.2, -0.15) is 13.2 Å². The second kappa shape index (κ2) is 8.55. The van der Waals surface area contributed by atoms with Crippen LogP contribution >= 0.6 is 11.3 Å². The van der Waals surface area contributed by atoms with Crippen molar-refractivity contribution in [2.75, 3.05) is 13.1 Å². The highest BCUT2D eigenvalue weighted by atomic mass is 32.1. The minimum atomic E-state index is -4.56. The molecule has 4 rings (SSSR count). The average Bonchev–Trinajstić information content (AvgIpc) is 3.45. The summed E-state index contributed by atoms with van der Waals surface area (Å²) in [4.78, 5) is 27.2. The highest BCUT2D eigenvalue weighted by Gasteiger charge is 2.35. The lowest BCUT2D eigenvalue weighted by Gasteiger charge is -2.32. The molecule has 6 nitrogen and oxygen atoms in total. The first-order valence-corrected chi connectivity index (χ1v) is 10.5. The molecule has 30 heavy (non-hydrogen) atoms. The summed E-state index contributed by atoms with van der Waals surface area (Å²) in [5.74, 6) is -0.198. The molecule has 158 valence electrons. The fourth-order valence-electron chi connectivity index (χ4n) is 3.56. The van der Waals surface area contributed by atoms with E-state index in [0.717, 1.165) is 6.07 Å². The predicted octanol–water partition coefficient (Wildman–Crippen LogP) is 4.22. The van der Waals surface area contributed by atoms with Crippen LogP contribution in [-0.2, 0) is 17.5 Å². The smallest absolute Gasteiger partial charge is 0.342 e. The van der Waals surface area contributed by atoms with Crippen LogP contribution in [-0.4, -0.2) is 43.4 Å². The number of rotatable bonds is 5. The number of thiophene rings is 1. The molecule has 0 aliphatic carbocycles. The lowest BCUT2D eigenvalue weighted by molar-refractivity contribution is -0.141. The number of imidazole rings is 1. The Hall–Kier alpha value is -2.75. The lowest BCUT2D eigenvalue weighted by Crippen LogP contribution is -2.40. The fourth-order valence-corrected chi connectivity index (χ4v) is 4.25. The zero-order valence-electron chi connectivity index (χ0n) is 16.0. The monoisotopic (exact) mass is 435 g/mol. The Morgan fingerprint density at radius 3 is 2.87 bits per heavy atom. The van der Waals surface area contributed by atoms with Crippen molar-refractivity contribution in [3.8, 4) is 10.6 Å². The number of hydrogen-bond acceptors (Lipinski definition) is 5. The first kappa shape index (κ1) is 20.5. The number of carbonyl (C=O) groups is 1. The number of aryl methyl sites for hydroxylation is 1.